The Balaban J connectivity index is 6.05. The molecule has 0 aliphatic rings. The predicted molar refractivity (Wildman–Crippen MR) is 120 cm³/mol. The summed E-state index contributed by atoms with van der Waals surface area (Å²) >= 11 is 0.876. The summed E-state index contributed by atoms with van der Waals surface area (Å²) in [4.78, 5) is 0. The molecular formula is C20H24F17IOSi. The smallest absolute Gasteiger partial charge is 0.417 e. The van der Waals surface area contributed by atoms with Gasteiger partial charge in [0.2, 0.25) is 0 Å². The predicted octanol–water partition coefficient (Wildman–Crippen LogP) is 10.5. The van der Waals surface area contributed by atoms with E-state index in [4.69, 9.17) is 4.43 Å². The van der Waals surface area contributed by atoms with Crippen LogP contribution >= 0.6 is 22.6 Å². The Morgan fingerprint density at radius 2 is 0.950 bits per heavy atom. The molecule has 0 heterocycles. The summed E-state index contributed by atoms with van der Waals surface area (Å²) in [6.07, 6.45) is -9.47. The normalized spacial score (nSPS) is 16.5. The summed E-state index contributed by atoms with van der Waals surface area (Å²) in [5.41, 5.74) is 0. The van der Waals surface area contributed by atoms with Crippen LogP contribution in [0.2, 0.25) is 18.1 Å². The molecule has 40 heavy (non-hydrogen) atoms. The van der Waals surface area contributed by atoms with Crippen LogP contribution in [0.15, 0.2) is 9.66 Å². The number of rotatable bonds is 13. The van der Waals surface area contributed by atoms with E-state index in [9.17, 15) is 74.6 Å². The maximum absolute atomic E-state index is 14.0. The highest BCUT2D eigenvalue weighted by atomic mass is 127. The van der Waals surface area contributed by atoms with Gasteiger partial charge < -0.3 is 4.43 Å². The number of hydrogen-bond donors (Lipinski definition) is 0. The van der Waals surface area contributed by atoms with Gasteiger partial charge in [0.1, 0.15) is 0 Å². The van der Waals surface area contributed by atoms with Crippen molar-refractivity contribution in [3.8, 4) is 0 Å². The van der Waals surface area contributed by atoms with E-state index in [0.29, 0.717) is 0 Å². The molecule has 0 rings (SSSR count). The minimum atomic E-state index is -8.62. The van der Waals surface area contributed by atoms with E-state index in [0.717, 1.165) is 22.6 Å². The Morgan fingerprint density at radius 1 is 0.600 bits per heavy atom. The van der Waals surface area contributed by atoms with Gasteiger partial charge in [-0.1, -0.05) is 20.8 Å². The highest BCUT2D eigenvalue weighted by Gasteiger charge is 2.95. The standard InChI is InChI=1S/C20H24F17IOSi/c1-12(2,3)40(4,5)39-9-7-6-8-11(38)10-13(21,22)14(23,24)15(25,26)16(27,28)17(29,30)18(31,32)19(33,34)20(35,36)37/h10H,6-9H2,1-5H3/b11-10-. The van der Waals surface area contributed by atoms with Gasteiger partial charge in [-0.25, -0.2) is 0 Å². The van der Waals surface area contributed by atoms with E-state index >= 15 is 0 Å². The Kier molecular flexibility index (Phi) is 11.4. The largest absolute Gasteiger partial charge is 0.460 e. The minimum Gasteiger partial charge on any atom is -0.417 e. The molecule has 0 saturated heterocycles. The Bertz CT molecular complexity index is 904. The van der Waals surface area contributed by atoms with E-state index in [1.165, 1.54) is 0 Å². The van der Waals surface area contributed by atoms with Crippen molar-refractivity contribution in [1.82, 2.24) is 0 Å². The molecule has 0 atom stereocenters. The highest BCUT2D eigenvalue weighted by Crippen LogP contribution is 2.64. The van der Waals surface area contributed by atoms with Crippen LogP contribution in [0.3, 0.4) is 0 Å². The van der Waals surface area contributed by atoms with Gasteiger partial charge in [-0.2, -0.15) is 74.6 Å². The summed E-state index contributed by atoms with van der Waals surface area (Å²) in [5, 5.41) is -0.230. The second-order valence-corrected chi connectivity index (χ2v) is 16.4. The lowest BCUT2D eigenvalue weighted by atomic mass is 9.89. The van der Waals surface area contributed by atoms with Crippen LogP contribution in [0, 0.1) is 0 Å². The number of hydrogen-bond acceptors (Lipinski definition) is 1. The molecule has 0 saturated carbocycles. The van der Waals surface area contributed by atoms with E-state index in [-0.39, 0.29) is 24.5 Å². The number of unbranched alkanes of at least 4 members (excludes halogenated alkanes) is 1. The molecule has 0 unspecified atom stereocenters. The fraction of sp³-hybridized carbons (Fsp3) is 0.900. The monoisotopic (exact) mass is 758 g/mol. The number of allylic oxidation sites excluding steroid dienone is 2. The van der Waals surface area contributed by atoms with E-state index in [2.05, 4.69) is 0 Å². The summed E-state index contributed by atoms with van der Waals surface area (Å²) in [6.45, 7) is 9.38. The fourth-order valence-corrected chi connectivity index (χ4v) is 4.34. The zero-order valence-electron chi connectivity index (χ0n) is 21.1. The second-order valence-electron chi connectivity index (χ2n) is 10.2. The van der Waals surface area contributed by atoms with Gasteiger partial charge in [-0.3, -0.25) is 0 Å². The first kappa shape index (κ1) is 39.5. The molecule has 0 N–H and O–H groups in total. The van der Waals surface area contributed by atoms with Crippen molar-refractivity contribution < 1.29 is 79.1 Å². The minimum absolute atomic E-state index is 0.0448. The van der Waals surface area contributed by atoms with Gasteiger partial charge in [0.15, 0.2) is 8.32 Å². The third kappa shape index (κ3) is 6.82. The van der Waals surface area contributed by atoms with Gasteiger partial charge >= 0.3 is 47.6 Å². The molecule has 0 amide bonds. The summed E-state index contributed by atoms with van der Waals surface area (Å²) in [5.74, 6) is -56.3. The summed E-state index contributed by atoms with van der Waals surface area (Å²) < 4.78 is 231. The molecule has 0 fully saturated rings. The van der Waals surface area contributed by atoms with Crippen LogP contribution in [0.4, 0.5) is 74.6 Å². The van der Waals surface area contributed by atoms with Gasteiger partial charge in [0.05, 0.1) is 0 Å². The Morgan fingerprint density at radius 3 is 1.30 bits per heavy atom. The quantitative estimate of drug-likeness (QED) is 0.0787. The lowest BCUT2D eigenvalue weighted by molar-refractivity contribution is -0.459. The number of alkyl halides is 17. The van der Waals surface area contributed by atoms with E-state index < -0.39 is 72.0 Å². The zero-order valence-corrected chi connectivity index (χ0v) is 24.3. The van der Waals surface area contributed by atoms with Crippen molar-refractivity contribution in [1.29, 1.82) is 0 Å². The van der Waals surface area contributed by atoms with E-state index in [1.807, 2.05) is 33.9 Å². The van der Waals surface area contributed by atoms with Crippen LogP contribution in [0.5, 0.6) is 0 Å². The van der Waals surface area contributed by atoms with Crippen molar-refractivity contribution in [2.45, 2.75) is 106 Å². The van der Waals surface area contributed by atoms with Crippen molar-refractivity contribution >= 4 is 30.9 Å². The second kappa shape index (κ2) is 11.5. The Labute approximate surface area is 232 Å². The van der Waals surface area contributed by atoms with Crippen molar-refractivity contribution in [2.24, 2.45) is 0 Å². The van der Waals surface area contributed by atoms with Gasteiger partial charge in [0, 0.05) is 12.7 Å². The van der Waals surface area contributed by atoms with Crippen LogP contribution in [0.1, 0.15) is 40.0 Å². The number of halogens is 18. The molecule has 20 heteroatoms. The first-order chi connectivity index (χ1) is 17.1. The fourth-order valence-electron chi connectivity index (χ4n) is 2.48. The van der Waals surface area contributed by atoms with Crippen molar-refractivity contribution in [2.75, 3.05) is 6.61 Å². The maximum atomic E-state index is 14.0. The zero-order chi connectivity index (χ0) is 32.8. The maximum Gasteiger partial charge on any atom is 0.460 e. The van der Waals surface area contributed by atoms with Crippen LogP contribution < -0.4 is 0 Å². The van der Waals surface area contributed by atoms with Gasteiger partial charge in [-0.15, -0.1) is 0 Å². The SMILES string of the molecule is CC(C)(C)[Si](C)(C)OCCCC/C(I)=C/C(F)(F)C(F)(F)C(F)(F)C(F)(F)C(F)(F)C(F)(F)C(F)(F)C(F)(F)F. The summed E-state index contributed by atoms with van der Waals surface area (Å²) in [7, 11) is -2.25. The molecule has 240 valence electrons. The van der Waals surface area contributed by atoms with Crippen LogP contribution in [0.25, 0.3) is 0 Å². The molecule has 0 aromatic heterocycles. The first-order valence-electron chi connectivity index (χ1n) is 10.8. The van der Waals surface area contributed by atoms with Crippen LogP contribution in [-0.2, 0) is 4.43 Å². The third-order valence-electron chi connectivity index (χ3n) is 6.16. The molecule has 0 spiro atoms. The van der Waals surface area contributed by atoms with Gasteiger partial charge in [0.25, 0.3) is 0 Å². The molecule has 1 nitrogen and oxygen atoms in total. The van der Waals surface area contributed by atoms with Gasteiger partial charge in [-0.05, 0) is 63.6 Å². The lowest BCUT2D eigenvalue weighted by Crippen LogP contribution is -2.74. The molecule has 0 aromatic carbocycles. The highest BCUT2D eigenvalue weighted by molar-refractivity contribution is 14.1. The molecule has 0 bridgehead atoms. The molecule has 0 radical (unpaired) electrons. The Hall–Kier alpha value is -0.543. The first-order valence-corrected chi connectivity index (χ1v) is 14.8. The van der Waals surface area contributed by atoms with Crippen molar-refractivity contribution in [3.05, 3.63) is 9.66 Å². The van der Waals surface area contributed by atoms with Crippen LogP contribution in [-0.4, -0.2) is 62.6 Å². The van der Waals surface area contributed by atoms with E-state index in [1.54, 1.807) is 0 Å². The average molecular weight is 758 g/mol. The molecule has 0 aliphatic carbocycles. The molecule has 0 aromatic rings. The lowest BCUT2D eigenvalue weighted by Gasteiger charge is -2.42. The average Bonchev–Trinajstić information content (AvgIpc) is 2.70. The topological polar surface area (TPSA) is 9.23 Å². The van der Waals surface area contributed by atoms with Crippen molar-refractivity contribution in [3.63, 3.8) is 0 Å². The molecular weight excluding hydrogens is 734 g/mol. The summed E-state index contributed by atoms with van der Waals surface area (Å²) in [6, 6.07) is 0. The molecule has 0 aliphatic heterocycles. The third-order valence-corrected chi connectivity index (χ3v) is 11.6.